The zero-order valence-electron chi connectivity index (χ0n) is 11.5. The standard InChI is InChI=1S/C14H17N3O2.ClH/c1-10(15-6-11-7-16-17(2)8-11)12-3-4-13-14(5-12)19-9-18-13;/h3-5,7-8,10,15H,6,9H2,1-2H3;1H. The van der Waals surface area contributed by atoms with Crippen LogP contribution < -0.4 is 14.8 Å². The maximum Gasteiger partial charge on any atom is 0.231 e. The van der Waals surface area contributed by atoms with E-state index in [1.807, 2.05) is 36.3 Å². The van der Waals surface area contributed by atoms with E-state index in [0.29, 0.717) is 6.79 Å². The number of nitrogens with one attached hydrogen (secondary N) is 1. The number of hydrogen-bond donors (Lipinski definition) is 1. The van der Waals surface area contributed by atoms with Crippen molar-refractivity contribution in [3.05, 3.63) is 41.7 Å². The first-order valence-corrected chi connectivity index (χ1v) is 6.33. The molecule has 0 saturated heterocycles. The average Bonchev–Trinajstić information content (AvgIpc) is 3.03. The molecule has 5 nitrogen and oxygen atoms in total. The summed E-state index contributed by atoms with van der Waals surface area (Å²) in [5.41, 5.74) is 2.36. The van der Waals surface area contributed by atoms with Gasteiger partial charge < -0.3 is 14.8 Å². The van der Waals surface area contributed by atoms with E-state index in [0.717, 1.165) is 18.0 Å². The molecule has 0 spiro atoms. The second-order valence-electron chi connectivity index (χ2n) is 4.74. The Labute approximate surface area is 124 Å². The van der Waals surface area contributed by atoms with Crippen LogP contribution in [0.15, 0.2) is 30.6 Å². The van der Waals surface area contributed by atoms with Gasteiger partial charge in [0.25, 0.3) is 0 Å². The lowest BCUT2D eigenvalue weighted by molar-refractivity contribution is 0.174. The number of fused-ring (bicyclic) bond motifs is 1. The van der Waals surface area contributed by atoms with Crippen LogP contribution in [-0.4, -0.2) is 16.6 Å². The van der Waals surface area contributed by atoms with Crippen molar-refractivity contribution in [3.63, 3.8) is 0 Å². The number of aryl methyl sites for hydroxylation is 1. The quantitative estimate of drug-likeness (QED) is 0.941. The van der Waals surface area contributed by atoms with Crippen LogP contribution in [0.4, 0.5) is 0 Å². The molecule has 2 aromatic rings. The van der Waals surface area contributed by atoms with E-state index in [2.05, 4.69) is 23.4 Å². The topological polar surface area (TPSA) is 48.3 Å². The van der Waals surface area contributed by atoms with E-state index in [-0.39, 0.29) is 18.4 Å². The van der Waals surface area contributed by atoms with Gasteiger partial charge in [-0.05, 0) is 24.6 Å². The number of hydrogen-bond acceptors (Lipinski definition) is 4. The lowest BCUT2D eigenvalue weighted by Gasteiger charge is -2.14. The minimum absolute atomic E-state index is 0. The molecule has 0 fully saturated rings. The molecule has 3 rings (SSSR count). The fraction of sp³-hybridized carbons (Fsp3) is 0.357. The van der Waals surface area contributed by atoms with Gasteiger partial charge in [0, 0.05) is 31.4 Å². The van der Waals surface area contributed by atoms with Gasteiger partial charge >= 0.3 is 0 Å². The van der Waals surface area contributed by atoms with E-state index in [4.69, 9.17) is 9.47 Å². The zero-order chi connectivity index (χ0) is 13.2. The fourth-order valence-corrected chi connectivity index (χ4v) is 2.13. The highest BCUT2D eigenvalue weighted by Crippen LogP contribution is 2.34. The van der Waals surface area contributed by atoms with Crippen LogP contribution in [0.25, 0.3) is 0 Å². The molecular weight excluding hydrogens is 278 g/mol. The Morgan fingerprint density at radius 3 is 2.90 bits per heavy atom. The lowest BCUT2D eigenvalue weighted by Crippen LogP contribution is -2.17. The van der Waals surface area contributed by atoms with Gasteiger partial charge in [-0.25, -0.2) is 0 Å². The molecule has 1 aliphatic heterocycles. The van der Waals surface area contributed by atoms with E-state index in [1.165, 1.54) is 11.1 Å². The first kappa shape index (κ1) is 14.7. The van der Waals surface area contributed by atoms with Gasteiger partial charge in [0.2, 0.25) is 6.79 Å². The summed E-state index contributed by atoms with van der Waals surface area (Å²) in [4.78, 5) is 0. The summed E-state index contributed by atoms with van der Waals surface area (Å²) in [7, 11) is 1.92. The van der Waals surface area contributed by atoms with Crippen molar-refractivity contribution in [1.29, 1.82) is 0 Å². The van der Waals surface area contributed by atoms with Gasteiger partial charge in [-0.3, -0.25) is 4.68 Å². The molecule has 1 aromatic heterocycles. The maximum atomic E-state index is 5.39. The van der Waals surface area contributed by atoms with Crippen molar-refractivity contribution >= 4 is 12.4 Å². The molecule has 0 saturated carbocycles. The summed E-state index contributed by atoms with van der Waals surface area (Å²) < 4.78 is 12.5. The van der Waals surface area contributed by atoms with Crippen molar-refractivity contribution in [2.24, 2.45) is 7.05 Å². The number of benzene rings is 1. The van der Waals surface area contributed by atoms with E-state index < -0.39 is 0 Å². The summed E-state index contributed by atoms with van der Waals surface area (Å²) in [6, 6.07) is 6.30. The van der Waals surface area contributed by atoms with Crippen LogP contribution in [0.5, 0.6) is 11.5 Å². The Balaban J connectivity index is 0.00000147. The largest absolute Gasteiger partial charge is 0.454 e. The van der Waals surface area contributed by atoms with Crippen LogP contribution in [0.1, 0.15) is 24.1 Å². The third-order valence-electron chi connectivity index (χ3n) is 3.27. The number of nitrogens with zero attached hydrogens (tertiary/aromatic N) is 2. The molecule has 0 bridgehead atoms. The van der Waals surface area contributed by atoms with Crippen LogP contribution >= 0.6 is 12.4 Å². The molecule has 2 heterocycles. The van der Waals surface area contributed by atoms with Gasteiger partial charge in [0.05, 0.1) is 6.20 Å². The maximum absolute atomic E-state index is 5.39. The molecule has 0 aliphatic carbocycles. The second kappa shape index (κ2) is 6.15. The van der Waals surface area contributed by atoms with Crippen molar-refractivity contribution < 1.29 is 9.47 Å². The van der Waals surface area contributed by atoms with Gasteiger partial charge in [0.1, 0.15) is 0 Å². The molecule has 0 amide bonds. The van der Waals surface area contributed by atoms with Crippen LogP contribution in [0, 0.1) is 0 Å². The molecule has 20 heavy (non-hydrogen) atoms. The zero-order valence-corrected chi connectivity index (χ0v) is 12.3. The molecule has 1 aliphatic rings. The Morgan fingerprint density at radius 2 is 2.15 bits per heavy atom. The monoisotopic (exact) mass is 295 g/mol. The minimum Gasteiger partial charge on any atom is -0.454 e. The normalized spacial score (nSPS) is 13.9. The van der Waals surface area contributed by atoms with Crippen molar-refractivity contribution in [3.8, 4) is 11.5 Å². The Bertz CT molecular complexity index is 586. The van der Waals surface area contributed by atoms with Crippen LogP contribution in [0.3, 0.4) is 0 Å². The van der Waals surface area contributed by atoms with Crippen molar-refractivity contribution in [2.75, 3.05) is 6.79 Å². The van der Waals surface area contributed by atoms with Gasteiger partial charge in [0.15, 0.2) is 11.5 Å². The lowest BCUT2D eigenvalue weighted by atomic mass is 10.1. The van der Waals surface area contributed by atoms with Gasteiger partial charge in [-0.1, -0.05) is 6.07 Å². The predicted octanol–water partition coefficient (Wildman–Crippen LogP) is 2.42. The summed E-state index contributed by atoms with van der Waals surface area (Å²) in [5, 5.41) is 7.62. The highest BCUT2D eigenvalue weighted by molar-refractivity contribution is 5.85. The molecule has 108 valence electrons. The molecule has 1 N–H and O–H groups in total. The third kappa shape index (κ3) is 3.05. The average molecular weight is 296 g/mol. The molecular formula is C14H18ClN3O2. The smallest absolute Gasteiger partial charge is 0.231 e. The highest BCUT2D eigenvalue weighted by atomic mass is 35.5. The number of aromatic nitrogens is 2. The van der Waals surface area contributed by atoms with Crippen LogP contribution in [-0.2, 0) is 13.6 Å². The molecule has 6 heteroatoms. The minimum atomic E-state index is 0. The van der Waals surface area contributed by atoms with Crippen molar-refractivity contribution in [2.45, 2.75) is 19.5 Å². The fourth-order valence-electron chi connectivity index (χ4n) is 2.13. The van der Waals surface area contributed by atoms with E-state index >= 15 is 0 Å². The van der Waals surface area contributed by atoms with Crippen LogP contribution in [0.2, 0.25) is 0 Å². The first-order chi connectivity index (χ1) is 9.22. The van der Waals surface area contributed by atoms with Gasteiger partial charge in [-0.2, -0.15) is 5.10 Å². The summed E-state index contributed by atoms with van der Waals surface area (Å²) in [6.07, 6.45) is 3.89. The Morgan fingerprint density at radius 1 is 1.35 bits per heavy atom. The number of ether oxygens (including phenoxy) is 2. The van der Waals surface area contributed by atoms with Crippen molar-refractivity contribution in [1.82, 2.24) is 15.1 Å². The Kier molecular flexibility index (Phi) is 4.52. The number of rotatable bonds is 4. The van der Waals surface area contributed by atoms with E-state index in [9.17, 15) is 0 Å². The summed E-state index contributed by atoms with van der Waals surface area (Å²) in [5.74, 6) is 1.65. The first-order valence-electron chi connectivity index (χ1n) is 6.33. The molecule has 1 atom stereocenters. The molecule has 1 aromatic carbocycles. The summed E-state index contributed by atoms with van der Waals surface area (Å²) in [6.45, 7) is 3.24. The summed E-state index contributed by atoms with van der Waals surface area (Å²) >= 11 is 0. The Hall–Kier alpha value is -1.72. The second-order valence-corrected chi connectivity index (χ2v) is 4.74. The third-order valence-corrected chi connectivity index (χ3v) is 3.27. The number of halogens is 1. The molecule has 1 unspecified atom stereocenters. The van der Waals surface area contributed by atoms with E-state index in [1.54, 1.807) is 0 Å². The van der Waals surface area contributed by atoms with Gasteiger partial charge in [-0.15, -0.1) is 12.4 Å². The molecule has 0 radical (unpaired) electrons. The highest BCUT2D eigenvalue weighted by Gasteiger charge is 2.15. The predicted molar refractivity (Wildman–Crippen MR) is 78.3 cm³/mol. The SMILES string of the molecule is CC(NCc1cnn(C)c1)c1ccc2c(c1)OCO2.Cl.